The van der Waals surface area contributed by atoms with Crippen molar-refractivity contribution in [3.63, 3.8) is 0 Å². The van der Waals surface area contributed by atoms with Gasteiger partial charge in [-0.05, 0) is 24.7 Å². The van der Waals surface area contributed by atoms with Crippen molar-refractivity contribution in [2.45, 2.75) is 32.2 Å². The smallest absolute Gasteiger partial charge is 0.326 e. The van der Waals surface area contributed by atoms with Crippen LogP contribution >= 0.6 is 23.6 Å². The van der Waals surface area contributed by atoms with Gasteiger partial charge in [-0.15, -0.1) is 11.3 Å². The minimum atomic E-state index is -1.06. The van der Waals surface area contributed by atoms with Crippen molar-refractivity contribution in [3.05, 3.63) is 43.7 Å². The van der Waals surface area contributed by atoms with Crippen LogP contribution < -0.4 is 10.6 Å². The molecule has 2 N–H and O–H groups in total. The van der Waals surface area contributed by atoms with E-state index in [1.165, 1.54) is 4.57 Å². The van der Waals surface area contributed by atoms with Gasteiger partial charge in [0.2, 0.25) is 5.88 Å². The molecular formula is C17H16N2O4S2. The molecule has 1 amide bonds. The number of nitrogens with zero attached hydrogens (tertiary/aromatic N) is 2. The van der Waals surface area contributed by atoms with Crippen molar-refractivity contribution in [1.29, 1.82) is 0 Å². The van der Waals surface area contributed by atoms with Gasteiger partial charge in [0.25, 0.3) is 5.91 Å². The van der Waals surface area contributed by atoms with Crippen molar-refractivity contribution >= 4 is 41.0 Å². The quantitative estimate of drug-likeness (QED) is 0.754. The maximum Gasteiger partial charge on any atom is 0.326 e. The zero-order valence-electron chi connectivity index (χ0n) is 13.4. The Labute approximate surface area is 152 Å². The predicted molar refractivity (Wildman–Crippen MR) is 95.7 cm³/mol. The number of hydrogen-bond acceptors (Lipinski definition) is 5. The minimum absolute atomic E-state index is 0.223. The second-order valence-corrected chi connectivity index (χ2v) is 7.34. The van der Waals surface area contributed by atoms with Gasteiger partial charge >= 0.3 is 5.97 Å². The summed E-state index contributed by atoms with van der Waals surface area (Å²) < 4.78 is 1.45. The van der Waals surface area contributed by atoms with Gasteiger partial charge in [-0.3, -0.25) is 9.36 Å². The monoisotopic (exact) mass is 376 g/mol. The van der Waals surface area contributed by atoms with E-state index in [0.717, 1.165) is 17.8 Å². The third-order valence-corrected chi connectivity index (χ3v) is 5.49. The molecule has 0 radical (unpaired) electrons. The predicted octanol–water partition coefficient (Wildman–Crippen LogP) is 2.16. The highest BCUT2D eigenvalue weighted by atomic mass is 32.1. The van der Waals surface area contributed by atoms with Crippen LogP contribution in [0.1, 0.15) is 37.1 Å². The van der Waals surface area contributed by atoms with Crippen molar-refractivity contribution in [2.75, 3.05) is 0 Å². The summed E-state index contributed by atoms with van der Waals surface area (Å²) in [6.07, 6.45) is 1.88. The highest BCUT2D eigenvalue weighted by Gasteiger charge is 2.29. The highest BCUT2D eigenvalue weighted by molar-refractivity contribution is 7.73. The summed E-state index contributed by atoms with van der Waals surface area (Å²) in [6.45, 7) is 1.96. The van der Waals surface area contributed by atoms with Crippen molar-refractivity contribution in [3.8, 4) is 5.88 Å². The van der Waals surface area contributed by atoms with Crippen LogP contribution in [0.4, 0.5) is 0 Å². The lowest BCUT2D eigenvalue weighted by Gasteiger charge is -2.14. The second-order valence-electron chi connectivity index (χ2n) is 5.70. The van der Waals surface area contributed by atoms with Crippen LogP contribution in [0.5, 0.6) is 5.88 Å². The molecule has 2 aromatic rings. The molecule has 1 aromatic carbocycles. The number of aromatic nitrogens is 1. The SMILES string of the molecule is CCCC[C@H](C(=O)O)n1c(O)c(C2=c3ccccc3=NC2=O)sc1=S. The molecule has 0 aliphatic carbocycles. The van der Waals surface area contributed by atoms with Crippen molar-refractivity contribution in [2.24, 2.45) is 4.99 Å². The molecule has 6 nitrogen and oxygen atoms in total. The average molecular weight is 376 g/mol. The first-order valence-corrected chi connectivity index (χ1v) is 9.08. The standard InChI is InChI=1S/C17H16N2O4S2/c1-2-3-8-11(16(22)23)19-15(21)13(25-17(19)24)12-9-6-4-5-7-10(9)18-14(12)20/h4-7,11,21H,2-3,8H2,1H3,(H,22,23)/t11-/m1/s1. The van der Waals surface area contributed by atoms with Crippen molar-refractivity contribution < 1.29 is 19.8 Å². The molecule has 0 saturated heterocycles. The second kappa shape index (κ2) is 6.89. The molecule has 1 aliphatic heterocycles. The third-order valence-electron chi connectivity index (χ3n) is 4.08. The molecule has 2 heterocycles. The molecule has 8 heteroatoms. The van der Waals surface area contributed by atoms with Gasteiger partial charge < -0.3 is 10.2 Å². The summed E-state index contributed by atoms with van der Waals surface area (Å²) in [5.41, 5.74) is 0.266. The van der Waals surface area contributed by atoms with Gasteiger partial charge in [0.05, 0.1) is 10.9 Å². The first-order valence-electron chi connectivity index (χ1n) is 7.85. The number of aliphatic carboxylic acids is 1. The highest BCUT2D eigenvalue weighted by Crippen LogP contribution is 2.36. The number of hydrogen-bond donors (Lipinski definition) is 2. The summed E-state index contributed by atoms with van der Waals surface area (Å²) in [7, 11) is 0. The third kappa shape index (κ3) is 3.03. The normalized spacial score (nSPS) is 14.3. The molecule has 1 aliphatic rings. The van der Waals surface area contributed by atoms with E-state index in [1.54, 1.807) is 24.3 Å². The van der Waals surface area contributed by atoms with Crippen LogP contribution in [0.2, 0.25) is 0 Å². The molecular weight excluding hydrogens is 360 g/mol. The van der Waals surface area contributed by atoms with Crippen LogP contribution in [-0.4, -0.2) is 26.7 Å². The molecule has 25 heavy (non-hydrogen) atoms. The number of carboxylic acids is 1. The zero-order valence-corrected chi connectivity index (χ0v) is 15.1. The minimum Gasteiger partial charge on any atom is -0.493 e. The molecule has 1 atom stereocenters. The Hall–Kier alpha value is -2.32. The Balaban J connectivity index is 2.20. The van der Waals surface area contributed by atoms with E-state index in [1.807, 2.05) is 6.92 Å². The van der Waals surface area contributed by atoms with Crippen LogP contribution in [-0.2, 0) is 9.59 Å². The van der Waals surface area contributed by atoms with Gasteiger partial charge in [0.1, 0.15) is 10.9 Å². The topological polar surface area (TPSA) is 91.9 Å². The Morgan fingerprint density at radius 3 is 2.80 bits per heavy atom. The summed E-state index contributed by atoms with van der Waals surface area (Å²) >= 11 is 6.31. The largest absolute Gasteiger partial charge is 0.493 e. The van der Waals surface area contributed by atoms with Crippen LogP contribution in [0, 0.1) is 3.95 Å². The van der Waals surface area contributed by atoms with E-state index in [2.05, 4.69) is 4.99 Å². The zero-order chi connectivity index (χ0) is 18.1. The fourth-order valence-corrected chi connectivity index (χ4v) is 4.30. The van der Waals surface area contributed by atoms with Gasteiger partial charge in [0, 0.05) is 5.22 Å². The van der Waals surface area contributed by atoms with Crippen LogP contribution in [0.3, 0.4) is 0 Å². The van der Waals surface area contributed by atoms with Crippen LogP contribution in [0.15, 0.2) is 29.3 Å². The number of carbonyl (C=O) groups excluding carboxylic acids is 1. The van der Waals surface area contributed by atoms with E-state index < -0.39 is 17.9 Å². The number of amides is 1. The van der Waals surface area contributed by atoms with Gasteiger partial charge in [-0.2, -0.15) is 0 Å². The van der Waals surface area contributed by atoms with E-state index in [9.17, 15) is 19.8 Å². The van der Waals surface area contributed by atoms with Crippen LogP contribution in [0.25, 0.3) is 5.57 Å². The van der Waals surface area contributed by atoms with Gasteiger partial charge in [-0.1, -0.05) is 38.0 Å². The molecule has 0 saturated carbocycles. The van der Waals surface area contributed by atoms with Crippen molar-refractivity contribution in [1.82, 2.24) is 4.57 Å². The fourth-order valence-electron chi connectivity index (χ4n) is 2.86. The van der Waals surface area contributed by atoms with E-state index >= 15 is 0 Å². The Bertz CT molecular complexity index is 1040. The summed E-state index contributed by atoms with van der Waals surface area (Å²) in [5, 5.41) is 21.3. The lowest BCUT2D eigenvalue weighted by molar-refractivity contribution is -0.141. The average Bonchev–Trinajstić information content (AvgIpc) is 3.04. The number of thiazole rings is 1. The molecule has 130 valence electrons. The fraction of sp³-hybridized carbons (Fsp3) is 0.294. The first kappa shape index (κ1) is 17.5. The Morgan fingerprint density at radius 1 is 1.40 bits per heavy atom. The number of fused-ring (bicyclic) bond motifs is 1. The van der Waals surface area contributed by atoms with Gasteiger partial charge in [-0.25, -0.2) is 9.79 Å². The van der Waals surface area contributed by atoms with E-state index in [0.29, 0.717) is 23.4 Å². The number of carboxylic acid groups (broad SMARTS) is 1. The molecule has 0 bridgehead atoms. The number of unbranched alkanes of at least 4 members (excludes halogenated alkanes) is 1. The Morgan fingerprint density at radius 2 is 2.12 bits per heavy atom. The Kier molecular flexibility index (Phi) is 4.82. The lowest BCUT2D eigenvalue weighted by Crippen LogP contribution is -2.22. The lowest BCUT2D eigenvalue weighted by atomic mass is 10.1. The number of carbonyl (C=O) groups is 2. The molecule has 0 unspecified atom stereocenters. The first-order chi connectivity index (χ1) is 12.0. The molecule has 3 rings (SSSR count). The number of para-hydroxylation sites is 1. The summed E-state index contributed by atoms with van der Waals surface area (Å²) in [5.74, 6) is -1.80. The summed E-state index contributed by atoms with van der Waals surface area (Å²) in [4.78, 5) is 28.2. The number of benzene rings is 1. The maximum absolute atomic E-state index is 12.3. The molecule has 1 aromatic heterocycles. The summed E-state index contributed by atoms with van der Waals surface area (Å²) in [6, 6.07) is 6.06. The number of aromatic hydroxyl groups is 1. The number of rotatable bonds is 6. The van der Waals surface area contributed by atoms with Gasteiger partial charge in [0.15, 0.2) is 3.95 Å². The maximum atomic E-state index is 12.3. The van der Waals surface area contributed by atoms with E-state index in [-0.39, 0.29) is 20.3 Å². The molecule has 0 spiro atoms. The molecule has 0 fully saturated rings. The van der Waals surface area contributed by atoms with E-state index in [4.69, 9.17) is 12.2 Å².